The molecule has 3 N–H and O–H groups in total. The summed E-state index contributed by atoms with van der Waals surface area (Å²) < 4.78 is 12.9. The Morgan fingerprint density at radius 2 is 1.75 bits per heavy atom. The lowest BCUT2D eigenvalue weighted by Crippen LogP contribution is -2.42. The summed E-state index contributed by atoms with van der Waals surface area (Å²) in [4.78, 5) is 38.8. The van der Waals surface area contributed by atoms with E-state index < -0.39 is 23.7 Å². The van der Waals surface area contributed by atoms with Crippen LogP contribution in [0.3, 0.4) is 0 Å². The molecule has 2 aromatic carbocycles. The normalized spacial score (nSPS) is 11.9. The summed E-state index contributed by atoms with van der Waals surface area (Å²) in [5.41, 5.74) is 1.98. The van der Waals surface area contributed by atoms with E-state index in [0.29, 0.717) is 5.56 Å². The Morgan fingerprint density at radius 3 is 2.46 bits per heavy atom. The van der Waals surface area contributed by atoms with Crippen molar-refractivity contribution in [2.45, 2.75) is 25.3 Å². The van der Waals surface area contributed by atoms with Crippen LogP contribution in [-0.2, 0) is 16.0 Å². The van der Waals surface area contributed by atoms with Crippen molar-refractivity contribution in [3.8, 4) is 0 Å². The minimum atomic E-state index is -1.15. The molecule has 1 aromatic heterocycles. The molecule has 0 spiro atoms. The second kappa shape index (κ2) is 8.47. The summed E-state index contributed by atoms with van der Waals surface area (Å²) in [5.74, 6) is -2.43. The molecule has 1 atom stereocenters. The monoisotopic (exact) mass is 382 g/mol. The Morgan fingerprint density at radius 1 is 1.04 bits per heavy atom. The van der Waals surface area contributed by atoms with Crippen LogP contribution in [0.25, 0.3) is 10.9 Å². The Balaban J connectivity index is 1.59. The van der Waals surface area contributed by atoms with E-state index >= 15 is 0 Å². The van der Waals surface area contributed by atoms with Crippen molar-refractivity contribution in [2.75, 3.05) is 0 Å². The van der Waals surface area contributed by atoms with Crippen LogP contribution in [0.15, 0.2) is 54.7 Å². The number of ketones is 1. The van der Waals surface area contributed by atoms with E-state index in [0.717, 1.165) is 16.5 Å². The number of hydrogen-bond donors (Lipinski definition) is 3. The van der Waals surface area contributed by atoms with Crippen molar-refractivity contribution >= 4 is 28.6 Å². The van der Waals surface area contributed by atoms with E-state index in [1.165, 1.54) is 24.3 Å². The topological polar surface area (TPSA) is 99.3 Å². The fourth-order valence-corrected chi connectivity index (χ4v) is 2.99. The van der Waals surface area contributed by atoms with Gasteiger partial charge in [-0.25, -0.2) is 9.18 Å². The number of nitrogens with one attached hydrogen (secondary N) is 2. The summed E-state index contributed by atoms with van der Waals surface area (Å²) in [7, 11) is 0. The van der Waals surface area contributed by atoms with Gasteiger partial charge in [0.15, 0.2) is 5.78 Å². The van der Waals surface area contributed by atoms with Gasteiger partial charge < -0.3 is 15.4 Å². The maximum Gasteiger partial charge on any atom is 0.326 e. The largest absolute Gasteiger partial charge is 0.480 e. The van der Waals surface area contributed by atoms with Crippen molar-refractivity contribution in [2.24, 2.45) is 0 Å². The first-order valence-corrected chi connectivity index (χ1v) is 8.80. The molecule has 1 heterocycles. The molecule has 0 aliphatic carbocycles. The van der Waals surface area contributed by atoms with Crippen LogP contribution in [0.4, 0.5) is 4.39 Å². The van der Waals surface area contributed by atoms with Crippen LogP contribution >= 0.6 is 0 Å². The number of H-pyrrole nitrogens is 1. The fraction of sp³-hybridized carbons (Fsp3) is 0.190. The number of fused-ring (bicyclic) bond motifs is 1. The SMILES string of the molecule is O=C(CCC(=O)c1ccc(F)cc1)NC(Cc1c[nH]c2ccccc12)C(=O)O. The summed E-state index contributed by atoms with van der Waals surface area (Å²) in [6, 6.07) is 11.4. The molecule has 144 valence electrons. The second-order valence-electron chi connectivity index (χ2n) is 6.45. The van der Waals surface area contributed by atoms with Gasteiger partial charge in [-0.05, 0) is 35.9 Å². The first kappa shape index (κ1) is 19.3. The van der Waals surface area contributed by atoms with Gasteiger partial charge in [-0.2, -0.15) is 0 Å². The van der Waals surface area contributed by atoms with Gasteiger partial charge in [0.05, 0.1) is 0 Å². The lowest BCUT2D eigenvalue weighted by atomic mass is 10.0. The predicted octanol–water partition coefficient (Wildman–Crippen LogP) is 3.08. The van der Waals surface area contributed by atoms with E-state index in [4.69, 9.17) is 0 Å². The smallest absolute Gasteiger partial charge is 0.326 e. The first-order valence-electron chi connectivity index (χ1n) is 8.80. The number of aromatic nitrogens is 1. The molecule has 0 aliphatic heterocycles. The number of halogens is 1. The van der Waals surface area contributed by atoms with E-state index in [9.17, 15) is 23.9 Å². The molecule has 6 nitrogen and oxygen atoms in total. The van der Waals surface area contributed by atoms with Crippen LogP contribution in [-0.4, -0.2) is 33.8 Å². The summed E-state index contributed by atoms with van der Waals surface area (Å²) >= 11 is 0. The Kier molecular flexibility index (Phi) is 5.84. The number of amides is 1. The highest BCUT2D eigenvalue weighted by atomic mass is 19.1. The van der Waals surface area contributed by atoms with Gasteiger partial charge in [0.25, 0.3) is 0 Å². The van der Waals surface area contributed by atoms with Gasteiger partial charge in [-0.1, -0.05) is 18.2 Å². The number of carboxylic acid groups (broad SMARTS) is 1. The number of carbonyl (C=O) groups excluding carboxylic acids is 2. The van der Waals surface area contributed by atoms with Gasteiger partial charge in [0, 0.05) is 41.9 Å². The maximum atomic E-state index is 12.9. The predicted molar refractivity (Wildman–Crippen MR) is 102 cm³/mol. The molecule has 1 unspecified atom stereocenters. The number of rotatable bonds is 8. The molecule has 7 heteroatoms. The number of aliphatic carboxylic acids is 1. The average molecular weight is 382 g/mol. The highest BCUT2D eigenvalue weighted by Gasteiger charge is 2.22. The van der Waals surface area contributed by atoms with Crippen LogP contribution in [0.5, 0.6) is 0 Å². The zero-order valence-electron chi connectivity index (χ0n) is 14.9. The standard InChI is InChI=1S/C21H19FN2O4/c22-15-7-5-13(6-8-15)19(25)9-10-20(26)24-18(21(27)28)11-14-12-23-17-4-2-1-3-16(14)17/h1-8,12,18,23H,9-11H2,(H,24,26)(H,27,28). The molecule has 3 aromatic rings. The van der Waals surface area contributed by atoms with Gasteiger partial charge in [-0.3, -0.25) is 9.59 Å². The molecular weight excluding hydrogens is 363 g/mol. The number of hydrogen-bond acceptors (Lipinski definition) is 3. The van der Waals surface area contributed by atoms with Gasteiger partial charge in [0.1, 0.15) is 11.9 Å². The van der Waals surface area contributed by atoms with Crippen LogP contribution < -0.4 is 5.32 Å². The molecule has 0 fully saturated rings. The minimum absolute atomic E-state index is 0.0864. The van der Waals surface area contributed by atoms with Crippen molar-refractivity contribution in [3.63, 3.8) is 0 Å². The molecular formula is C21H19FN2O4. The molecule has 1 amide bonds. The number of benzene rings is 2. The molecule has 0 radical (unpaired) electrons. The van der Waals surface area contributed by atoms with Crippen LogP contribution in [0.2, 0.25) is 0 Å². The second-order valence-corrected chi connectivity index (χ2v) is 6.45. The average Bonchev–Trinajstić information content (AvgIpc) is 3.09. The van der Waals surface area contributed by atoms with Gasteiger partial charge in [0.2, 0.25) is 5.91 Å². The highest BCUT2D eigenvalue weighted by molar-refractivity contribution is 5.98. The molecule has 0 saturated carbocycles. The van der Waals surface area contributed by atoms with Crippen molar-refractivity contribution in [3.05, 3.63) is 71.7 Å². The number of para-hydroxylation sites is 1. The number of Topliss-reactive ketones (excluding diaryl/α,β-unsaturated/α-hetero) is 1. The lowest BCUT2D eigenvalue weighted by molar-refractivity contribution is -0.141. The van der Waals surface area contributed by atoms with E-state index in [1.54, 1.807) is 6.20 Å². The molecule has 28 heavy (non-hydrogen) atoms. The molecule has 0 saturated heterocycles. The Hall–Kier alpha value is -3.48. The van der Waals surface area contributed by atoms with Gasteiger partial charge >= 0.3 is 5.97 Å². The zero-order valence-corrected chi connectivity index (χ0v) is 14.9. The van der Waals surface area contributed by atoms with Crippen molar-refractivity contribution in [1.82, 2.24) is 10.3 Å². The third kappa shape index (κ3) is 4.62. The summed E-state index contributed by atoms with van der Waals surface area (Å²) in [6.45, 7) is 0. The van der Waals surface area contributed by atoms with Gasteiger partial charge in [-0.15, -0.1) is 0 Å². The maximum absolute atomic E-state index is 12.9. The summed E-state index contributed by atoms with van der Waals surface area (Å²) in [5, 5.41) is 12.8. The lowest BCUT2D eigenvalue weighted by Gasteiger charge is -2.14. The zero-order chi connectivity index (χ0) is 20.1. The minimum Gasteiger partial charge on any atom is -0.480 e. The van der Waals surface area contributed by atoms with Crippen molar-refractivity contribution in [1.29, 1.82) is 0 Å². The summed E-state index contributed by atoms with van der Waals surface area (Å²) in [6.07, 6.45) is 1.62. The molecule has 0 bridgehead atoms. The molecule has 0 aliphatic rings. The first-order chi connectivity index (χ1) is 13.4. The quantitative estimate of drug-likeness (QED) is 0.521. The third-order valence-corrected chi connectivity index (χ3v) is 4.48. The highest BCUT2D eigenvalue weighted by Crippen LogP contribution is 2.19. The van der Waals surface area contributed by atoms with E-state index in [1.807, 2.05) is 24.3 Å². The number of carbonyl (C=O) groups is 3. The number of aromatic amines is 1. The van der Waals surface area contributed by atoms with E-state index in [-0.39, 0.29) is 25.0 Å². The Labute approximate surface area is 160 Å². The van der Waals surface area contributed by atoms with Crippen LogP contribution in [0, 0.1) is 5.82 Å². The third-order valence-electron chi connectivity index (χ3n) is 4.48. The fourth-order valence-electron chi connectivity index (χ4n) is 2.99. The Bertz CT molecular complexity index is 1010. The van der Waals surface area contributed by atoms with E-state index in [2.05, 4.69) is 10.3 Å². The van der Waals surface area contributed by atoms with Crippen molar-refractivity contribution < 1.29 is 23.9 Å². The van der Waals surface area contributed by atoms with Crippen LogP contribution in [0.1, 0.15) is 28.8 Å². The number of carboxylic acids is 1. The molecule has 3 rings (SSSR count).